The van der Waals surface area contributed by atoms with Crippen molar-refractivity contribution in [3.8, 4) is 0 Å². The van der Waals surface area contributed by atoms with E-state index in [1.165, 1.54) is 116 Å². The molecule has 0 bridgehead atoms. The van der Waals surface area contributed by atoms with Crippen LogP contribution >= 0.6 is 0 Å². The molecule has 0 heterocycles. The van der Waals surface area contributed by atoms with Crippen LogP contribution < -0.4 is 5.73 Å². The van der Waals surface area contributed by atoms with Crippen molar-refractivity contribution in [2.45, 2.75) is 212 Å². The Morgan fingerprint density at radius 3 is 1.86 bits per heavy atom. The Morgan fingerprint density at radius 1 is 0.640 bits per heavy atom. The van der Waals surface area contributed by atoms with Gasteiger partial charge in [-0.15, -0.1) is 0 Å². The number of fused-ring (bicyclic) bond motifs is 1. The van der Waals surface area contributed by atoms with Gasteiger partial charge in [-0.05, 0) is 170 Å². The van der Waals surface area contributed by atoms with Crippen molar-refractivity contribution in [3.05, 3.63) is 0 Å². The molecule has 0 amide bonds. The minimum Gasteiger partial charge on any atom is -0.328 e. The normalized spacial score (nSPS) is 40.7. The maximum Gasteiger partial charge on any atom is 0.00105 e. The number of hydrogen-bond donors (Lipinski definition) is 1. The van der Waals surface area contributed by atoms with Crippen LogP contribution in [0.15, 0.2) is 0 Å². The van der Waals surface area contributed by atoms with Crippen LogP contribution in [0.2, 0.25) is 0 Å². The van der Waals surface area contributed by atoms with Crippen LogP contribution in [0.25, 0.3) is 0 Å². The van der Waals surface area contributed by atoms with Crippen molar-refractivity contribution >= 4 is 0 Å². The summed E-state index contributed by atoms with van der Waals surface area (Å²) in [5.41, 5.74) is 8.10. The fourth-order valence-corrected chi connectivity index (χ4v) is 14.9. The molecule has 0 aromatic heterocycles. The largest absolute Gasteiger partial charge is 0.328 e. The standard InChI is InChI=1S/C49H91N/c1-32(37(27-26-35(4)50)29-30-46(6,7)43-31-44-45(43)48(10,11)49(12,13)47(44,8)9)25-28-42(39-22-17-15-20-34(39)3)41-24-18-23-40(36(41)5)38-21-16-14-19-33(38)2/h32-45H,14-31,50H2,1-13H3. The zero-order valence-corrected chi connectivity index (χ0v) is 36.4. The fourth-order valence-electron chi connectivity index (χ4n) is 14.9. The average Bonchev–Trinajstić information content (AvgIpc) is 3.08. The molecule has 5 aliphatic rings. The van der Waals surface area contributed by atoms with E-state index in [9.17, 15) is 0 Å². The molecule has 2 N–H and O–H groups in total. The van der Waals surface area contributed by atoms with Gasteiger partial charge in [-0.1, -0.05) is 134 Å². The summed E-state index contributed by atoms with van der Waals surface area (Å²) >= 11 is 0. The number of hydrogen-bond acceptors (Lipinski definition) is 1. The highest BCUT2D eigenvalue weighted by molar-refractivity contribution is 5.19. The van der Waals surface area contributed by atoms with E-state index < -0.39 is 0 Å². The second-order valence-corrected chi connectivity index (χ2v) is 23.1. The Bertz CT molecular complexity index is 1060. The molecule has 0 saturated heterocycles. The van der Waals surface area contributed by atoms with E-state index in [0.717, 1.165) is 76.9 Å². The summed E-state index contributed by atoms with van der Waals surface area (Å²) in [5, 5.41) is 0. The summed E-state index contributed by atoms with van der Waals surface area (Å²) in [6, 6.07) is 0.326. The van der Waals surface area contributed by atoms with Crippen LogP contribution in [-0.4, -0.2) is 6.04 Å². The van der Waals surface area contributed by atoms with Gasteiger partial charge < -0.3 is 5.73 Å². The molecule has 1 heteroatoms. The van der Waals surface area contributed by atoms with Crippen LogP contribution in [0.3, 0.4) is 0 Å². The quantitative estimate of drug-likeness (QED) is 0.193. The van der Waals surface area contributed by atoms with E-state index in [4.69, 9.17) is 5.73 Å². The summed E-state index contributed by atoms with van der Waals surface area (Å²) in [4.78, 5) is 0. The van der Waals surface area contributed by atoms with Gasteiger partial charge >= 0.3 is 0 Å². The first-order valence-corrected chi connectivity index (χ1v) is 23.1. The van der Waals surface area contributed by atoms with Gasteiger partial charge in [-0.25, -0.2) is 0 Å². The third kappa shape index (κ3) is 7.87. The highest BCUT2D eigenvalue weighted by Gasteiger charge is 2.71. The lowest BCUT2D eigenvalue weighted by Crippen LogP contribution is -2.49. The van der Waals surface area contributed by atoms with E-state index in [1.54, 1.807) is 0 Å². The summed E-state index contributed by atoms with van der Waals surface area (Å²) in [7, 11) is 0. The van der Waals surface area contributed by atoms with Gasteiger partial charge in [0.05, 0.1) is 0 Å². The molecule has 5 aliphatic carbocycles. The molecular formula is C49H91N. The summed E-state index contributed by atoms with van der Waals surface area (Å²) in [6.45, 7) is 33.9. The van der Waals surface area contributed by atoms with Gasteiger partial charge in [0, 0.05) is 6.04 Å². The fraction of sp³-hybridized carbons (Fsp3) is 1.00. The molecule has 0 spiro atoms. The Balaban J connectivity index is 1.28. The first-order chi connectivity index (χ1) is 23.3. The summed E-state index contributed by atoms with van der Waals surface area (Å²) < 4.78 is 0. The molecule has 5 rings (SSSR count). The molecule has 14 unspecified atom stereocenters. The second-order valence-electron chi connectivity index (χ2n) is 23.1. The highest BCUT2D eigenvalue weighted by atomic mass is 14.8. The maximum absolute atomic E-state index is 6.47. The van der Waals surface area contributed by atoms with E-state index >= 15 is 0 Å². The minimum absolute atomic E-state index is 0.326. The van der Waals surface area contributed by atoms with E-state index in [1.807, 2.05) is 0 Å². The average molecular weight is 694 g/mol. The third-order valence-electron chi connectivity index (χ3n) is 19.7. The Hall–Kier alpha value is -0.0400. The van der Waals surface area contributed by atoms with Gasteiger partial charge in [0.1, 0.15) is 0 Å². The van der Waals surface area contributed by atoms with Crippen molar-refractivity contribution in [2.75, 3.05) is 0 Å². The molecule has 0 aromatic carbocycles. The van der Waals surface area contributed by atoms with E-state index in [2.05, 4.69) is 90.0 Å². The van der Waals surface area contributed by atoms with E-state index in [-0.39, 0.29) is 0 Å². The number of rotatable bonds is 14. The number of nitrogens with two attached hydrogens (primary N) is 1. The van der Waals surface area contributed by atoms with Crippen molar-refractivity contribution in [1.29, 1.82) is 0 Å². The Labute approximate surface area is 315 Å². The van der Waals surface area contributed by atoms with Gasteiger partial charge in [0.25, 0.3) is 0 Å². The lowest BCUT2D eigenvalue weighted by Gasteiger charge is -2.56. The molecule has 1 nitrogen and oxygen atoms in total. The molecule has 14 atom stereocenters. The minimum atomic E-state index is 0.326. The van der Waals surface area contributed by atoms with Gasteiger partial charge in [0.2, 0.25) is 0 Å². The molecular weight excluding hydrogens is 603 g/mol. The van der Waals surface area contributed by atoms with Crippen molar-refractivity contribution < 1.29 is 0 Å². The maximum atomic E-state index is 6.47. The monoisotopic (exact) mass is 694 g/mol. The first kappa shape index (κ1) is 41.1. The second kappa shape index (κ2) is 16.0. The Morgan fingerprint density at radius 2 is 1.24 bits per heavy atom. The smallest absolute Gasteiger partial charge is 0.00105 e. The lowest BCUT2D eigenvalue weighted by molar-refractivity contribution is -0.0758. The molecule has 0 aromatic rings. The summed E-state index contributed by atoms with van der Waals surface area (Å²) in [6.07, 6.45) is 26.3. The van der Waals surface area contributed by atoms with E-state index in [0.29, 0.717) is 27.7 Å². The van der Waals surface area contributed by atoms with Gasteiger partial charge in [-0.2, -0.15) is 0 Å². The summed E-state index contributed by atoms with van der Waals surface area (Å²) in [5.74, 6) is 12.0. The topological polar surface area (TPSA) is 26.0 Å². The first-order valence-electron chi connectivity index (χ1n) is 23.1. The van der Waals surface area contributed by atoms with Crippen LogP contribution in [-0.2, 0) is 0 Å². The molecule has 5 saturated carbocycles. The van der Waals surface area contributed by atoms with Crippen molar-refractivity contribution in [2.24, 2.45) is 104 Å². The third-order valence-corrected chi connectivity index (χ3v) is 19.7. The van der Waals surface area contributed by atoms with Crippen LogP contribution in [0, 0.1) is 98.6 Å². The predicted molar refractivity (Wildman–Crippen MR) is 220 cm³/mol. The predicted octanol–water partition coefficient (Wildman–Crippen LogP) is 14.6. The van der Waals surface area contributed by atoms with Crippen molar-refractivity contribution in [1.82, 2.24) is 0 Å². The van der Waals surface area contributed by atoms with Gasteiger partial charge in [-0.3, -0.25) is 0 Å². The van der Waals surface area contributed by atoms with Crippen LogP contribution in [0.4, 0.5) is 0 Å². The Kier molecular flexibility index (Phi) is 13.1. The SMILES string of the molecule is CC(N)CCC(CCC(C)(C)C1CC2C1C(C)(C)C(C)(C)C2(C)C)C(C)CCC(C1CCCCC1C)C1CCCC(C2CCCCC2C)C1C. The van der Waals surface area contributed by atoms with Gasteiger partial charge in [0.15, 0.2) is 0 Å². The van der Waals surface area contributed by atoms with Crippen LogP contribution in [0.5, 0.6) is 0 Å². The molecule has 0 radical (unpaired) electrons. The molecule has 292 valence electrons. The molecule has 50 heavy (non-hydrogen) atoms. The highest BCUT2D eigenvalue weighted by Crippen LogP contribution is 2.77. The lowest BCUT2D eigenvalue weighted by atomic mass is 9.49. The molecule has 0 aliphatic heterocycles. The van der Waals surface area contributed by atoms with Crippen LogP contribution in [0.1, 0.15) is 206 Å². The zero-order chi connectivity index (χ0) is 36.8. The zero-order valence-electron chi connectivity index (χ0n) is 36.4. The van der Waals surface area contributed by atoms with Crippen molar-refractivity contribution in [3.63, 3.8) is 0 Å². The molecule has 5 fully saturated rings.